The number of fused-ring (bicyclic) bond motifs is 1. The Balaban J connectivity index is 1.40. The topological polar surface area (TPSA) is 22.1 Å². The fourth-order valence-electron chi connectivity index (χ4n) is 4.19. The van der Waals surface area contributed by atoms with E-state index in [1.165, 1.54) is 24.3 Å². The average Bonchev–Trinajstić information content (AvgIpc) is 2.95. The van der Waals surface area contributed by atoms with Gasteiger partial charge in [0.2, 0.25) is 0 Å². The molecule has 0 atom stereocenters. The maximum atomic E-state index is 14.9. The third-order valence-corrected chi connectivity index (χ3v) is 6.18. The molecule has 0 aliphatic carbocycles. The van der Waals surface area contributed by atoms with E-state index in [9.17, 15) is 43.9 Å². The summed E-state index contributed by atoms with van der Waals surface area (Å²) in [6, 6.07) is 12.8. The molecule has 226 valence electrons. The number of alkyl halides is 5. The van der Waals surface area contributed by atoms with Crippen molar-refractivity contribution in [1.29, 1.82) is 0 Å². The second-order valence-corrected chi connectivity index (χ2v) is 9.27. The molecule has 0 N–H and O–H groups in total. The van der Waals surface area contributed by atoms with E-state index in [1.54, 1.807) is 18.2 Å². The predicted molar refractivity (Wildman–Crippen MR) is 143 cm³/mol. The second-order valence-electron chi connectivity index (χ2n) is 9.27. The maximum Gasteiger partial charge on any atom is 0.458 e. The van der Waals surface area contributed by atoms with Crippen molar-refractivity contribution in [2.75, 3.05) is 0 Å². The number of ether oxygens (including phenoxy) is 1. The highest BCUT2D eigenvalue weighted by Crippen LogP contribution is 2.37. The number of hydrogen-bond acceptors (Lipinski definition) is 2. The molecule has 2 nitrogen and oxygen atoms in total. The van der Waals surface area contributed by atoms with Gasteiger partial charge in [0.15, 0.2) is 0 Å². The smallest absolute Gasteiger partial charge is 0.429 e. The van der Waals surface area contributed by atoms with Crippen LogP contribution in [0.2, 0.25) is 0 Å². The third kappa shape index (κ3) is 6.86. The number of pyridine rings is 1. The second kappa shape index (κ2) is 11.9. The summed E-state index contributed by atoms with van der Waals surface area (Å²) in [6.07, 6.45) is -8.17. The highest BCUT2D eigenvalue weighted by Gasteiger charge is 2.41. The molecule has 0 bridgehead atoms. The Labute approximate surface area is 247 Å². The molecule has 0 amide bonds. The molecule has 0 saturated carbocycles. The molecule has 0 fully saturated rings. The highest BCUT2D eigenvalue weighted by molar-refractivity contribution is 5.86. The Morgan fingerprint density at radius 1 is 0.667 bits per heavy atom. The zero-order chi connectivity index (χ0) is 32.5. The van der Waals surface area contributed by atoms with Gasteiger partial charge < -0.3 is 4.74 Å². The van der Waals surface area contributed by atoms with Crippen LogP contribution in [-0.2, 0) is 6.11 Å². The van der Waals surface area contributed by atoms with Crippen molar-refractivity contribution >= 4 is 10.8 Å². The molecule has 5 aromatic rings. The van der Waals surface area contributed by atoms with Crippen molar-refractivity contribution in [3.8, 4) is 40.7 Å². The van der Waals surface area contributed by atoms with E-state index in [1.807, 2.05) is 0 Å². The molecular weight excluding hydrogens is 616 g/mol. The van der Waals surface area contributed by atoms with Gasteiger partial charge in [0.25, 0.3) is 0 Å². The van der Waals surface area contributed by atoms with Crippen molar-refractivity contribution in [3.63, 3.8) is 0 Å². The van der Waals surface area contributed by atoms with E-state index in [2.05, 4.69) is 21.6 Å². The van der Waals surface area contributed by atoms with E-state index in [0.29, 0.717) is 35.5 Å². The Morgan fingerprint density at radius 2 is 1.40 bits per heavy atom. The molecular formula is C33H13F10NO. The predicted octanol–water partition coefficient (Wildman–Crippen LogP) is 9.04. The first kappa shape index (κ1) is 31.0. The number of benzene rings is 4. The van der Waals surface area contributed by atoms with E-state index in [-0.39, 0.29) is 5.56 Å². The zero-order valence-corrected chi connectivity index (χ0v) is 22.1. The van der Waals surface area contributed by atoms with Gasteiger partial charge in [-0.1, -0.05) is 29.9 Å². The van der Waals surface area contributed by atoms with Gasteiger partial charge in [0.05, 0.1) is 16.8 Å². The first-order chi connectivity index (χ1) is 21.2. The van der Waals surface area contributed by atoms with Crippen LogP contribution in [0.25, 0.3) is 22.0 Å². The van der Waals surface area contributed by atoms with E-state index in [0.717, 1.165) is 24.1 Å². The third-order valence-electron chi connectivity index (χ3n) is 6.18. The van der Waals surface area contributed by atoms with Crippen molar-refractivity contribution in [1.82, 2.24) is 4.98 Å². The molecule has 0 unspecified atom stereocenters. The minimum atomic E-state index is -5.03. The van der Waals surface area contributed by atoms with E-state index in [4.69, 9.17) is 0 Å². The van der Waals surface area contributed by atoms with Gasteiger partial charge in [0, 0.05) is 28.6 Å². The fourth-order valence-corrected chi connectivity index (χ4v) is 4.19. The van der Waals surface area contributed by atoms with Crippen LogP contribution in [0.15, 0.2) is 79.0 Å². The summed E-state index contributed by atoms with van der Waals surface area (Å²) >= 11 is 0. The van der Waals surface area contributed by atoms with Crippen LogP contribution >= 0.6 is 0 Å². The molecule has 0 saturated heterocycles. The Hall–Kier alpha value is -5.49. The summed E-state index contributed by atoms with van der Waals surface area (Å²) in [4.78, 5) is 4.10. The number of halogens is 10. The Bertz CT molecular complexity index is 2040. The monoisotopic (exact) mass is 629 g/mol. The van der Waals surface area contributed by atoms with Crippen molar-refractivity contribution in [2.24, 2.45) is 0 Å². The van der Waals surface area contributed by atoms with Crippen LogP contribution in [0.5, 0.6) is 5.75 Å². The minimum Gasteiger partial charge on any atom is -0.429 e. The largest absolute Gasteiger partial charge is 0.458 e. The van der Waals surface area contributed by atoms with Crippen LogP contribution in [-0.4, -0.2) is 11.2 Å². The number of rotatable bonds is 4. The van der Waals surface area contributed by atoms with Crippen molar-refractivity contribution in [2.45, 2.75) is 12.3 Å². The normalized spacial score (nSPS) is 11.4. The standard InChI is InChI=1S/C33H13F10NO/c34-25-16-20(29-3-1-2-12-44-29)7-6-19(25)5-4-18-13-27(36)30(28(37)14-18)33(42,43)45-22-8-9-23-21(15-22)17-26(35)24(31(23)38)10-11-32(39,40)41/h1-3,6-9,12-17H. The Morgan fingerprint density at radius 3 is 2.04 bits per heavy atom. The maximum absolute atomic E-state index is 14.9. The molecule has 0 radical (unpaired) electrons. The molecule has 5 rings (SSSR count). The first-order valence-electron chi connectivity index (χ1n) is 12.5. The molecule has 0 aliphatic heterocycles. The molecule has 45 heavy (non-hydrogen) atoms. The quantitative estimate of drug-likeness (QED) is 0.146. The lowest BCUT2D eigenvalue weighted by Gasteiger charge is -2.20. The average molecular weight is 629 g/mol. The fraction of sp³-hybridized carbons (Fsp3) is 0.0606. The van der Waals surface area contributed by atoms with Gasteiger partial charge in [0.1, 0.15) is 40.4 Å². The molecule has 0 spiro atoms. The van der Waals surface area contributed by atoms with Gasteiger partial charge in [-0.05, 0) is 66.0 Å². The van der Waals surface area contributed by atoms with Crippen LogP contribution in [0, 0.1) is 52.8 Å². The summed E-state index contributed by atoms with van der Waals surface area (Å²) in [5, 5.41) is -0.899. The van der Waals surface area contributed by atoms with Crippen molar-refractivity contribution in [3.05, 3.63) is 130 Å². The summed E-state index contributed by atoms with van der Waals surface area (Å²) in [6.45, 7) is 0. The molecule has 12 heteroatoms. The van der Waals surface area contributed by atoms with Crippen LogP contribution < -0.4 is 4.74 Å². The first-order valence-corrected chi connectivity index (χ1v) is 12.5. The summed E-state index contributed by atoms with van der Waals surface area (Å²) in [5.41, 5.74) is -2.62. The van der Waals surface area contributed by atoms with Gasteiger partial charge in [-0.25, -0.2) is 22.0 Å². The lowest BCUT2D eigenvalue weighted by Crippen LogP contribution is -2.25. The molecule has 1 aromatic heterocycles. The molecule has 4 aromatic carbocycles. The minimum absolute atomic E-state index is 0.142. The number of hydrogen-bond donors (Lipinski definition) is 0. The van der Waals surface area contributed by atoms with Crippen LogP contribution in [0.3, 0.4) is 0 Å². The number of aromatic nitrogens is 1. The van der Waals surface area contributed by atoms with Crippen molar-refractivity contribution < 1.29 is 48.6 Å². The van der Waals surface area contributed by atoms with Gasteiger partial charge in [-0.2, -0.15) is 22.0 Å². The summed E-state index contributed by atoms with van der Waals surface area (Å²) in [5.74, 6) is -1.30. The molecule has 1 heterocycles. The highest BCUT2D eigenvalue weighted by atomic mass is 19.4. The molecule has 0 aliphatic rings. The van der Waals surface area contributed by atoms with Crippen LogP contribution in [0.1, 0.15) is 22.3 Å². The SMILES string of the molecule is Fc1cc(-c2ccccn2)ccc1C#Cc1cc(F)c(C(F)(F)Oc2ccc3c(F)c(C#CC(F)(F)F)c(F)cc3c2)c(F)c1. The lowest BCUT2D eigenvalue weighted by molar-refractivity contribution is -0.189. The lowest BCUT2D eigenvalue weighted by atomic mass is 10.0. The van der Waals surface area contributed by atoms with E-state index >= 15 is 0 Å². The Kier molecular flexibility index (Phi) is 8.18. The summed E-state index contributed by atoms with van der Waals surface area (Å²) < 4.78 is 144. The zero-order valence-electron chi connectivity index (χ0n) is 22.1. The van der Waals surface area contributed by atoms with Gasteiger partial charge >= 0.3 is 12.3 Å². The van der Waals surface area contributed by atoms with Gasteiger partial charge in [-0.3, -0.25) is 4.98 Å². The summed E-state index contributed by atoms with van der Waals surface area (Å²) in [7, 11) is 0. The number of nitrogens with zero attached hydrogens (tertiary/aromatic N) is 1. The van der Waals surface area contributed by atoms with Crippen LogP contribution in [0.4, 0.5) is 43.9 Å². The van der Waals surface area contributed by atoms with Gasteiger partial charge in [-0.15, -0.1) is 0 Å². The van der Waals surface area contributed by atoms with E-state index < -0.39 is 74.6 Å².